The van der Waals surface area contributed by atoms with Crippen molar-refractivity contribution >= 4 is 17.7 Å². The molecular weight excluding hydrogens is 242 g/mol. The molecule has 5 heteroatoms. The fourth-order valence-electron chi connectivity index (χ4n) is 2.35. The average Bonchev–Trinajstić information content (AvgIpc) is 2.45. The predicted octanol–water partition coefficient (Wildman–Crippen LogP) is 1.50. The third-order valence-electron chi connectivity index (χ3n) is 3.30. The number of nitrogens with two attached hydrogens (primary N) is 1. The number of aldehydes is 1. The van der Waals surface area contributed by atoms with Gasteiger partial charge in [-0.15, -0.1) is 0 Å². The Hall–Kier alpha value is -2.74. The normalized spacial score (nSPS) is 20.7. The van der Waals surface area contributed by atoms with E-state index in [4.69, 9.17) is 15.7 Å². The van der Waals surface area contributed by atoms with Gasteiger partial charge in [0.05, 0.1) is 5.57 Å². The van der Waals surface area contributed by atoms with Gasteiger partial charge in [-0.05, 0) is 12.1 Å². The molecule has 0 saturated heterocycles. The Morgan fingerprint density at radius 1 is 1.47 bits per heavy atom. The molecule has 0 spiro atoms. The summed E-state index contributed by atoms with van der Waals surface area (Å²) in [7, 11) is 0. The number of fused-ring (bicyclic) bond motifs is 2. The average molecular weight is 253 g/mol. The van der Waals surface area contributed by atoms with Gasteiger partial charge in [0.15, 0.2) is 0 Å². The molecule has 5 nitrogen and oxygen atoms in total. The maximum absolute atomic E-state index is 11.2. The molecule has 94 valence electrons. The van der Waals surface area contributed by atoms with Gasteiger partial charge in [-0.25, -0.2) is 0 Å². The number of ether oxygens (including phenoxy) is 1. The number of nitrogens with one attached hydrogen (secondary N) is 1. The first kappa shape index (κ1) is 11.4. The summed E-state index contributed by atoms with van der Waals surface area (Å²) in [5.41, 5.74) is 8.52. The van der Waals surface area contributed by atoms with Gasteiger partial charge in [0.25, 0.3) is 0 Å². The number of benzene rings is 1. The number of rotatable bonds is 1. The van der Waals surface area contributed by atoms with Crippen LogP contribution in [0, 0.1) is 11.3 Å². The van der Waals surface area contributed by atoms with E-state index in [9.17, 15) is 4.79 Å². The zero-order valence-electron chi connectivity index (χ0n) is 10.0. The van der Waals surface area contributed by atoms with E-state index < -0.39 is 6.04 Å². The summed E-state index contributed by atoms with van der Waals surface area (Å²) >= 11 is 0. The summed E-state index contributed by atoms with van der Waals surface area (Å²) in [6.45, 7) is 0. The number of hydrogen-bond donors (Lipinski definition) is 2. The first-order valence-corrected chi connectivity index (χ1v) is 5.85. The Kier molecular flexibility index (Phi) is 2.50. The van der Waals surface area contributed by atoms with E-state index in [1.807, 2.05) is 30.3 Å². The summed E-state index contributed by atoms with van der Waals surface area (Å²) < 4.78 is 5.57. The minimum Gasteiger partial charge on any atom is -0.440 e. The molecule has 1 aromatic carbocycles. The molecule has 1 atom stereocenters. The Labute approximate surface area is 110 Å². The van der Waals surface area contributed by atoms with E-state index >= 15 is 0 Å². The van der Waals surface area contributed by atoms with Crippen LogP contribution in [-0.2, 0) is 9.53 Å². The van der Waals surface area contributed by atoms with Crippen molar-refractivity contribution in [3.05, 3.63) is 46.9 Å². The van der Waals surface area contributed by atoms with Crippen molar-refractivity contribution in [1.82, 2.24) is 0 Å². The number of nitriles is 1. The molecule has 0 aromatic heterocycles. The summed E-state index contributed by atoms with van der Waals surface area (Å²) in [6.07, 6.45) is 1.15. The van der Waals surface area contributed by atoms with Crippen LogP contribution in [0.5, 0.6) is 0 Å². The van der Waals surface area contributed by atoms with Crippen LogP contribution in [0.15, 0.2) is 41.3 Å². The van der Waals surface area contributed by atoms with Crippen LogP contribution in [0.2, 0.25) is 0 Å². The maximum atomic E-state index is 11.2. The molecule has 2 aliphatic heterocycles. The Bertz CT molecular complexity index is 668. The van der Waals surface area contributed by atoms with Crippen LogP contribution in [0.4, 0.5) is 5.69 Å². The molecule has 0 saturated carbocycles. The molecule has 0 amide bonds. The summed E-state index contributed by atoms with van der Waals surface area (Å²) in [5, 5.41) is 12.1. The lowest BCUT2D eigenvalue weighted by Crippen LogP contribution is -2.31. The van der Waals surface area contributed by atoms with Crippen molar-refractivity contribution < 1.29 is 9.53 Å². The highest BCUT2D eigenvalue weighted by Gasteiger charge is 2.32. The number of allylic oxidation sites excluding steroid dienone is 1. The zero-order valence-corrected chi connectivity index (χ0v) is 10.0. The van der Waals surface area contributed by atoms with Crippen molar-refractivity contribution in [2.24, 2.45) is 5.73 Å². The number of nitrogens with zero attached hydrogens (tertiary/aromatic N) is 1. The van der Waals surface area contributed by atoms with Crippen molar-refractivity contribution in [1.29, 1.82) is 5.26 Å². The van der Waals surface area contributed by atoms with Gasteiger partial charge in [-0.1, -0.05) is 12.1 Å². The van der Waals surface area contributed by atoms with Gasteiger partial charge >= 0.3 is 0 Å². The maximum Gasteiger partial charge on any atom is 0.205 e. The zero-order chi connectivity index (χ0) is 13.4. The van der Waals surface area contributed by atoms with Gasteiger partial charge < -0.3 is 20.6 Å². The van der Waals surface area contributed by atoms with Gasteiger partial charge in [0, 0.05) is 23.2 Å². The molecule has 0 fully saturated rings. The first-order valence-electron chi connectivity index (χ1n) is 5.85. The van der Waals surface area contributed by atoms with Gasteiger partial charge in [-0.3, -0.25) is 0 Å². The molecule has 2 heterocycles. The minimum atomic E-state index is -0.485. The number of anilines is 1. The van der Waals surface area contributed by atoms with Crippen molar-refractivity contribution in [2.45, 2.75) is 12.5 Å². The molecule has 3 N–H and O–H groups in total. The highest BCUT2D eigenvalue weighted by molar-refractivity contribution is 5.87. The van der Waals surface area contributed by atoms with Crippen LogP contribution in [-0.4, -0.2) is 12.3 Å². The molecule has 0 aliphatic carbocycles. The van der Waals surface area contributed by atoms with Gasteiger partial charge in [-0.2, -0.15) is 5.26 Å². The Morgan fingerprint density at radius 3 is 3.00 bits per heavy atom. The number of para-hydroxylation sites is 1. The van der Waals surface area contributed by atoms with Crippen LogP contribution in [0.3, 0.4) is 0 Å². The second-order valence-electron chi connectivity index (χ2n) is 4.39. The summed E-state index contributed by atoms with van der Waals surface area (Å²) in [4.78, 5) is 11.2. The van der Waals surface area contributed by atoms with Gasteiger partial charge in [0.2, 0.25) is 5.88 Å². The second-order valence-corrected chi connectivity index (χ2v) is 4.39. The van der Waals surface area contributed by atoms with Crippen LogP contribution >= 0.6 is 0 Å². The quantitative estimate of drug-likeness (QED) is 0.740. The van der Waals surface area contributed by atoms with Crippen molar-refractivity contribution in [3.63, 3.8) is 0 Å². The van der Waals surface area contributed by atoms with E-state index in [1.54, 1.807) is 0 Å². The molecule has 1 aromatic rings. The third kappa shape index (κ3) is 1.66. The fraction of sp³-hybridized carbons (Fsp3) is 0.143. The third-order valence-corrected chi connectivity index (χ3v) is 3.30. The van der Waals surface area contributed by atoms with E-state index in [2.05, 4.69) is 5.32 Å². The molecule has 1 unspecified atom stereocenters. The summed E-state index contributed by atoms with van der Waals surface area (Å²) in [6, 6.07) is 9.05. The number of carbonyl (C=O) groups is 1. The SMILES string of the molecule is N#CC1=C(N)OC2=C(C1)C(C=O)Nc1ccccc12. The van der Waals surface area contributed by atoms with Crippen LogP contribution < -0.4 is 11.1 Å². The monoisotopic (exact) mass is 253 g/mol. The van der Waals surface area contributed by atoms with E-state index in [1.165, 1.54) is 0 Å². The topological polar surface area (TPSA) is 88.1 Å². The highest BCUT2D eigenvalue weighted by Crippen LogP contribution is 2.40. The van der Waals surface area contributed by atoms with E-state index in [0.29, 0.717) is 17.8 Å². The first-order chi connectivity index (χ1) is 9.24. The van der Waals surface area contributed by atoms with E-state index in [0.717, 1.165) is 23.1 Å². The van der Waals surface area contributed by atoms with E-state index in [-0.39, 0.29) is 5.88 Å². The number of carbonyl (C=O) groups excluding carboxylic acids is 1. The lowest BCUT2D eigenvalue weighted by Gasteiger charge is -2.31. The highest BCUT2D eigenvalue weighted by atomic mass is 16.5. The molecule has 0 bridgehead atoms. The lowest BCUT2D eigenvalue weighted by atomic mass is 9.90. The largest absolute Gasteiger partial charge is 0.440 e. The minimum absolute atomic E-state index is 0.114. The van der Waals surface area contributed by atoms with Crippen LogP contribution in [0.25, 0.3) is 5.76 Å². The summed E-state index contributed by atoms with van der Waals surface area (Å²) in [5.74, 6) is 0.700. The smallest absolute Gasteiger partial charge is 0.205 e. The molecule has 0 radical (unpaired) electrons. The Morgan fingerprint density at radius 2 is 2.26 bits per heavy atom. The van der Waals surface area contributed by atoms with Crippen molar-refractivity contribution in [3.8, 4) is 6.07 Å². The Balaban J connectivity index is 2.14. The predicted molar refractivity (Wildman–Crippen MR) is 69.4 cm³/mol. The standard InChI is InChI=1S/C14H11N3O2/c15-6-8-5-10-12(7-18)17-11-4-2-1-3-9(11)13(10)19-14(8)16/h1-4,7,12,17H,5,16H2. The van der Waals surface area contributed by atoms with Crippen LogP contribution in [0.1, 0.15) is 12.0 Å². The molecule has 19 heavy (non-hydrogen) atoms. The molecule has 2 aliphatic rings. The second kappa shape index (κ2) is 4.18. The molecule has 3 rings (SSSR count). The number of hydrogen-bond acceptors (Lipinski definition) is 5. The lowest BCUT2D eigenvalue weighted by molar-refractivity contribution is -0.107. The van der Waals surface area contributed by atoms with Gasteiger partial charge in [0.1, 0.15) is 24.2 Å². The molecular formula is C14H11N3O2. The fourth-order valence-corrected chi connectivity index (χ4v) is 2.35. The van der Waals surface area contributed by atoms with Crippen molar-refractivity contribution in [2.75, 3.05) is 5.32 Å².